The zero-order valence-corrected chi connectivity index (χ0v) is 10.6. The average molecular weight is 240 g/mol. The molecule has 0 radical (unpaired) electrons. The average Bonchev–Trinajstić information content (AvgIpc) is 2.73. The summed E-state index contributed by atoms with van der Waals surface area (Å²) in [5, 5.41) is 2.62. The van der Waals surface area contributed by atoms with Crippen LogP contribution in [0.15, 0.2) is 5.38 Å². The third kappa shape index (κ3) is 2.95. The first-order valence-corrected chi connectivity index (χ1v) is 6.99. The summed E-state index contributed by atoms with van der Waals surface area (Å²) in [5.41, 5.74) is 6.57. The molecule has 3 nitrogen and oxygen atoms in total. The van der Waals surface area contributed by atoms with E-state index in [1.807, 2.05) is 5.38 Å². The van der Waals surface area contributed by atoms with Gasteiger partial charge in [0.1, 0.15) is 0 Å². The van der Waals surface area contributed by atoms with Crippen LogP contribution in [-0.4, -0.2) is 11.1 Å². The maximum atomic E-state index is 5.97. The van der Waals surface area contributed by atoms with Crippen LogP contribution in [0.4, 0.5) is 5.13 Å². The number of thiazole rings is 1. The second-order valence-corrected chi connectivity index (χ2v) is 5.37. The van der Waals surface area contributed by atoms with Crippen LogP contribution in [0.25, 0.3) is 0 Å². The number of hydrogen-bond donors (Lipinski definition) is 1. The van der Waals surface area contributed by atoms with Crippen LogP contribution in [0.1, 0.15) is 44.7 Å². The van der Waals surface area contributed by atoms with Crippen LogP contribution in [-0.2, 0) is 11.3 Å². The lowest BCUT2D eigenvalue weighted by atomic mass is 9.85. The summed E-state index contributed by atoms with van der Waals surface area (Å²) in [6, 6.07) is 0. The van der Waals surface area contributed by atoms with Gasteiger partial charge in [-0.1, -0.05) is 26.2 Å². The topological polar surface area (TPSA) is 48.1 Å². The minimum absolute atomic E-state index is 0.432. The molecule has 0 amide bonds. The van der Waals surface area contributed by atoms with E-state index in [-0.39, 0.29) is 0 Å². The van der Waals surface area contributed by atoms with E-state index in [0.29, 0.717) is 17.8 Å². The van der Waals surface area contributed by atoms with Crippen molar-refractivity contribution in [2.24, 2.45) is 5.92 Å². The lowest BCUT2D eigenvalue weighted by Crippen LogP contribution is -2.27. The predicted molar refractivity (Wildman–Crippen MR) is 67.4 cm³/mol. The van der Waals surface area contributed by atoms with Gasteiger partial charge in [-0.15, -0.1) is 11.3 Å². The molecule has 16 heavy (non-hydrogen) atoms. The molecular formula is C12H20N2OS. The first-order valence-electron chi connectivity index (χ1n) is 6.11. The van der Waals surface area contributed by atoms with E-state index in [1.54, 1.807) is 0 Å². The Morgan fingerprint density at radius 2 is 2.31 bits per heavy atom. The van der Waals surface area contributed by atoms with E-state index in [0.717, 1.165) is 11.6 Å². The molecular weight excluding hydrogens is 220 g/mol. The Balaban J connectivity index is 1.84. The van der Waals surface area contributed by atoms with Gasteiger partial charge in [-0.3, -0.25) is 0 Å². The summed E-state index contributed by atoms with van der Waals surface area (Å²) < 4.78 is 5.97. The summed E-state index contributed by atoms with van der Waals surface area (Å²) in [4.78, 5) is 4.22. The highest BCUT2D eigenvalue weighted by atomic mass is 32.1. The van der Waals surface area contributed by atoms with Gasteiger partial charge in [-0.25, -0.2) is 4.98 Å². The van der Waals surface area contributed by atoms with Gasteiger partial charge in [0.05, 0.1) is 18.4 Å². The first-order chi connectivity index (χ1) is 7.79. The van der Waals surface area contributed by atoms with E-state index in [2.05, 4.69) is 11.9 Å². The van der Waals surface area contributed by atoms with Gasteiger partial charge in [0, 0.05) is 5.38 Å². The largest absolute Gasteiger partial charge is 0.375 e. The quantitative estimate of drug-likeness (QED) is 0.879. The van der Waals surface area contributed by atoms with Crippen LogP contribution >= 0.6 is 11.3 Å². The molecule has 0 saturated heterocycles. The number of anilines is 1. The fourth-order valence-corrected chi connectivity index (χ4v) is 2.99. The van der Waals surface area contributed by atoms with Gasteiger partial charge >= 0.3 is 0 Å². The van der Waals surface area contributed by atoms with E-state index in [4.69, 9.17) is 10.5 Å². The van der Waals surface area contributed by atoms with Crippen molar-refractivity contribution in [1.82, 2.24) is 4.98 Å². The van der Waals surface area contributed by atoms with E-state index >= 15 is 0 Å². The summed E-state index contributed by atoms with van der Waals surface area (Å²) in [6.07, 6.45) is 6.85. The van der Waals surface area contributed by atoms with Gasteiger partial charge in [0.2, 0.25) is 0 Å². The monoisotopic (exact) mass is 240 g/mol. The maximum absolute atomic E-state index is 5.97. The van der Waals surface area contributed by atoms with Crippen LogP contribution in [0.3, 0.4) is 0 Å². The fraction of sp³-hybridized carbons (Fsp3) is 0.750. The molecule has 0 aromatic carbocycles. The Kier molecular flexibility index (Phi) is 4.18. The Bertz CT molecular complexity index is 327. The van der Waals surface area contributed by atoms with Gasteiger partial charge in [0.15, 0.2) is 5.13 Å². The van der Waals surface area contributed by atoms with Crippen LogP contribution < -0.4 is 5.73 Å². The Morgan fingerprint density at radius 3 is 3.00 bits per heavy atom. The highest BCUT2D eigenvalue weighted by Crippen LogP contribution is 2.29. The second-order valence-electron chi connectivity index (χ2n) is 4.48. The lowest BCUT2D eigenvalue weighted by Gasteiger charge is -2.30. The molecule has 0 aliphatic heterocycles. The molecule has 1 aromatic heterocycles. The van der Waals surface area contributed by atoms with Crippen molar-refractivity contribution < 1.29 is 4.74 Å². The molecule has 1 saturated carbocycles. The van der Waals surface area contributed by atoms with Crippen molar-refractivity contribution in [1.29, 1.82) is 0 Å². The standard InChI is InChI=1S/C12H20N2OS/c1-2-9-5-3-4-6-11(9)15-7-10-8-16-12(13)14-10/h8-9,11H,2-7H2,1H3,(H2,13,14). The summed E-state index contributed by atoms with van der Waals surface area (Å²) in [7, 11) is 0. The molecule has 1 heterocycles. The van der Waals surface area contributed by atoms with Gasteiger partial charge in [-0.2, -0.15) is 0 Å². The van der Waals surface area contributed by atoms with Crippen LogP contribution in [0, 0.1) is 5.92 Å². The third-order valence-electron chi connectivity index (χ3n) is 3.38. The molecule has 2 unspecified atom stereocenters. The van der Waals surface area contributed by atoms with Crippen molar-refractivity contribution >= 4 is 16.5 Å². The SMILES string of the molecule is CCC1CCCCC1OCc1csc(N)n1. The van der Waals surface area contributed by atoms with Crippen molar-refractivity contribution in [2.45, 2.75) is 51.7 Å². The number of nitrogens with zero attached hydrogens (tertiary/aromatic N) is 1. The molecule has 1 aromatic rings. The normalized spacial score (nSPS) is 25.8. The highest BCUT2D eigenvalue weighted by Gasteiger charge is 2.24. The summed E-state index contributed by atoms with van der Waals surface area (Å²) in [5.74, 6) is 0.740. The molecule has 2 rings (SSSR count). The molecule has 4 heteroatoms. The van der Waals surface area contributed by atoms with Gasteiger partial charge < -0.3 is 10.5 Å². The van der Waals surface area contributed by atoms with Crippen molar-refractivity contribution in [2.75, 3.05) is 5.73 Å². The van der Waals surface area contributed by atoms with E-state index in [1.165, 1.54) is 43.4 Å². The van der Waals surface area contributed by atoms with Gasteiger partial charge in [-0.05, 0) is 18.8 Å². The molecule has 0 bridgehead atoms. The second kappa shape index (κ2) is 5.64. The third-order valence-corrected chi connectivity index (χ3v) is 4.10. The molecule has 0 spiro atoms. The summed E-state index contributed by atoms with van der Waals surface area (Å²) >= 11 is 1.48. The number of nitrogen functional groups attached to an aromatic ring is 1. The fourth-order valence-electron chi connectivity index (χ4n) is 2.44. The summed E-state index contributed by atoms with van der Waals surface area (Å²) in [6.45, 7) is 2.88. The Hall–Kier alpha value is -0.610. The zero-order valence-electron chi connectivity index (χ0n) is 9.82. The minimum Gasteiger partial charge on any atom is -0.375 e. The van der Waals surface area contributed by atoms with E-state index in [9.17, 15) is 0 Å². The lowest BCUT2D eigenvalue weighted by molar-refractivity contribution is -0.0232. The maximum Gasteiger partial charge on any atom is 0.180 e. The number of aromatic nitrogens is 1. The number of nitrogens with two attached hydrogens (primary N) is 1. The molecule has 90 valence electrons. The Labute approximate surface area is 101 Å². The number of rotatable bonds is 4. The number of hydrogen-bond acceptors (Lipinski definition) is 4. The van der Waals surface area contributed by atoms with Crippen molar-refractivity contribution in [3.05, 3.63) is 11.1 Å². The molecule has 2 atom stereocenters. The Morgan fingerprint density at radius 1 is 1.50 bits per heavy atom. The van der Waals surface area contributed by atoms with Crippen molar-refractivity contribution in [3.8, 4) is 0 Å². The minimum atomic E-state index is 0.432. The molecule has 1 aliphatic rings. The molecule has 1 aliphatic carbocycles. The molecule has 1 fully saturated rings. The first kappa shape index (κ1) is 11.9. The van der Waals surface area contributed by atoms with Crippen LogP contribution in [0.2, 0.25) is 0 Å². The van der Waals surface area contributed by atoms with E-state index < -0.39 is 0 Å². The van der Waals surface area contributed by atoms with Gasteiger partial charge in [0.25, 0.3) is 0 Å². The highest BCUT2D eigenvalue weighted by molar-refractivity contribution is 7.13. The van der Waals surface area contributed by atoms with Crippen LogP contribution in [0.5, 0.6) is 0 Å². The zero-order chi connectivity index (χ0) is 11.4. The van der Waals surface area contributed by atoms with Crippen molar-refractivity contribution in [3.63, 3.8) is 0 Å². The smallest absolute Gasteiger partial charge is 0.180 e. The molecule has 2 N–H and O–H groups in total. The predicted octanol–water partition coefficient (Wildman–Crippen LogP) is 3.21. The number of ether oxygens (including phenoxy) is 1.